The first kappa shape index (κ1) is 20.3. The van der Waals surface area contributed by atoms with Crippen LogP contribution in [0, 0.1) is 0 Å². The van der Waals surface area contributed by atoms with Gasteiger partial charge in [0.05, 0.1) is 7.11 Å². The molecule has 0 saturated carbocycles. The smallest absolute Gasteiger partial charge is 0.303 e. The maximum Gasteiger partial charge on any atom is 0.303 e. The van der Waals surface area contributed by atoms with Gasteiger partial charge in [-0.2, -0.15) is 0 Å². The number of carboxylic acid groups (broad SMARTS) is 1. The van der Waals surface area contributed by atoms with Crippen molar-refractivity contribution in [2.45, 2.75) is 12.8 Å². The van der Waals surface area contributed by atoms with Crippen LogP contribution in [-0.4, -0.2) is 35.2 Å². The van der Waals surface area contributed by atoms with E-state index in [0.29, 0.717) is 18.1 Å². The third-order valence-corrected chi connectivity index (χ3v) is 5.23. The lowest BCUT2D eigenvalue weighted by Gasteiger charge is -2.16. The second kappa shape index (κ2) is 8.83. The molecule has 0 atom stereocenters. The van der Waals surface area contributed by atoms with Gasteiger partial charge in [-0.25, -0.2) is 9.97 Å². The summed E-state index contributed by atoms with van der Waals surface area (Å²) in [6.07, 6.45) is 2.43. The quantitative estimate of drug-likeness (QED) is 0.442. The summed E-state index contributed by atoms with van der Waals surface area (Å²) in [5.74, 6) is 0.394. The Balaban J connectivity index is 1.91. The predicted molar refractivity (Wildman–Crippen MR) is 122 cm³/mol. The van der Waals surface area contributed by atoms with Gasteiger partial charge < -0.3 is 15.2 Å². The van der Waals surface area contributed by atoms with E-state index in [1.54, 1.807) is 14.2 Å². The van der Waals surface area contributed by atoms with Crippen LogP contribution in [0.5, 0.6) is 5.75 Å². The second-order valence-corrected chi connectivity index (χ2v) is 7.17. The number of anilines is 1. The minimum absolute atomic E-state index is 0.112. The van der Waals surface area contributed by atoms with Gasteiger partial charge in [-0.15, -0.1) is 0 Å². The van der Waals surface area contributed by atoms with Crippen molar-refractivity contribution >= 4 is 22.8 Å². The third kappa shape index (κ3) is 4.19. The average Bonchev–Trinajstić information content (AvgIpc) is 2.82. The van der Waals surface area contributed by atoms with Crippen LogP contribution in [0.15, 0.2) is 66.9 Å². The van der Waals surface area contributed by atoms with Crippen molar-refractivity contribution in [3.05, 3.63) is 72.4 Å². The fourth-order valence-corrected chi connectivity index (χ4v) is 3.67. The van der Waals surface area contributed by atoms with Gasteiger partial charge in [0.1, 0.15) is 5.52 Å². The molecule has 0 fully saturated rings. The molecular formula is C25H23N3O3. The molecule has 6 nitrogen and oxygen atoms in total. The van der Waals surface area contributed by atoms with Crippen LogP contribution in [0.1, 0.15) is 12.0 Å². The number of aromatic nitrogens is 2. The molecule has 0 radical (unpaired) electrons. The Hall–Kier alpha value is -3.93. The zero-order valence-electron chi connectivity index (χ0n) is 17.4. The zero-order valence-corrected chi connectivity index (χ0v) is 17.4. The van der Waals surface area contributed by atoms with Crippen molar-refractivity contribution in [1.82, 2.24) is 9.97 Å². The Morgan fingerprint density at radius 3 is 2.39 bits per heavy atom. The topological polar surface area (TPSA) is 84.3 Å². The summed E-state index contributed by atoms with van der Waals surface area (Å²) in [5, 5.41) is 12.8. The van der Waals surface area contributed by atoms with Crippen LogP contribution in [0.25, 0.3) is 33.2 Å². The van der Waals surface area contributed by atoms with Crippen LogP contribution in [0.2, 0.25) is 0 Å². The minimum Gasteiger partial charge on any atom is -0.494 e. The highest BCUT2D eigenvalue weighted by Crippen LogP contribution is 2.41. The van der Waals surface area contributed by atoms with E-state index in [1.165, 1.54) is 0 Å². The zero-order chi connectivity index (χ0) is 21.8. The SMILES string of the molecule is CNc1ncc2c(-c3ccccc3)cc(-c3ccc(CCC(=O)O)cc3)c(OC)c2n1. The van der Waals surface area contributed by atoms with E-state index in [1.807, 2.05) is 48.7 Å². The second-order valence-electron chi connectivity index (χ2n) is 7.17. The Bertz CT molecular complexity index is 1220. The van der Waals surface area contributed by atoms with Crippen molar-refractivity contribution in [2.75, 3.05) is 19.5 Å². The van der Waals surface area contributed by atoms with E-state index >= 15 is 0 Å². The molecule has 0 aliphatic heterocycles. The number of carboxylic acids is 1. The highest BCUT2D eigenvalue weighted by atomic mass is 16.5. The highest BCUT2D eigenvalue weighted by molar-refractivity contribution is 6.03. The molecule has 4 rings (SSSR count). The Kier molecular flexibility index (Phi) is 5.80. The molecule has 1 aromatic heterocycles. The third-order valence-electron chi connectivity index (χ3n) is 5.23. The van der Waals surface area contributed by atoms with Gasteiger partial charge in [0.25, 0.3) is 0 Å². The van der Waals surface area contributed by atoms with Crippen molar-refractivity contribution in [3.8, 4) is 28.0 Å². The number of aliphatic carboxylic acids is 1. The van der Waals surface area contributed by atoms with Crippen molar-refractivity contribution in [3.63, 3.8) is 0 Å². The first-order chi connectivity index (χ1) is 15.1. The molecule has 6 heteroatoms. The van der Waals surface area contributed by atoms with Gasteiger partial charge in [-0.05, 0) is 34.7 Å². The Labute approximate surface area is 180 Å². The van der Waals surface area contributed by atoms with Gasteiger partial charge in [-0.3, -0.25) is 4.79 Å². The molecule has 0 aliphatic carbocycles. The normalized spacial score (nSPS) is 10.8. The van der Waals surface area contributed by atoms with Gasteiger partial charge >= 0.3 is 5.97 Å². The van der Waals surface area contributed by atoms with Crippen LogP contribution in [-0.2, 0) is 11.2 Å². The molecule has 0 unspecified atom stereocenters. The summed E-state index contributed by atoms with van der Waals surface area (Å²) < 4.78 is 5.82. The Morgan fingerprint density at radius 2 is 1.74 bits per heavy atom. The molecule has 4 aromatic rings. The number of nitrogens with zero attached hydrogens (tertiary/aromatic N) is 2. The number of rotatable bonds is 7. The lowest BCUT2D eigenvalue weighted by Crippen LogP contribution is -2.00. The van der Waals surface area contributed by atoms with Crippen molar-refractivity contribution < 1.29 is 14.6 Å². The number of fused-ring (bicyclic) bond motifs is 1. The average molecular weight is 413 g/mol. The lowest BCUT2D eigenvalue weighted by molar-refractivity contribution is -0.136. The van der Waals surface area contributed by atoms with E-state index in [4.69, 9.17) is 14.8 Å². The van der Waals surface area contributed by atoms with Crippen LogP contribution in [0.3, 0.4) is 0 Å². The molecule has 0 saturated heterocycles. The van der Waals surface area contributed by atoms with Gasteiger partial charge in [-0.1, -0.05) is 54.6 Å². The fraction of sp³-hybridized carbons (Fsp3) is 0.160. The molecule has 3 aromatic carbocycles. The number of aryl methyl sites for hydroxylation is 1. The standard InChI is InChI=1S/C25H23N3O3/c1-26-25-27-15-21-19(17-6-4-3-5-7-17)14-20(24(31-2)23(21)28-25)18-11-8-16(9-12-18)10-13-22(29)30/h3-9,11-12,14-15H,10,13H2,1-2H3,(H,29,30)(H,26,27,28). The molecule has 2 N–H and O–H groups in total. The van der Waals surface area contributed by atoms with Crippen molar-refractivity contribution in [1.29, 1.82) is 0 Å². The largest absolute Gasteiger partial charge is 0.494 e. The summed E-state index contributed by atoms with van der Waals surface area (Å²) in [7, 11) is 3.42. The van der Waals surface area contributed by atoms with E-state index < -0.39 is 5.97 Å². The number of methoxy groups -OCH3 is 1. The predicted octanol–water partition coefficient (Wildman–Crippen LogP) is 5.03. The first-order valence-electron chi connectivity index (χ1n) is 10.0. The number of benzene rings is 3. The molecule has 0 amide bonds. The molecule has 1 heterocycles. The fourth-order valence-electron chi connectivity index (χ4n) is 3.67. The van der Waals surface area contributed by atoms with E-state index in [9.17, 15) is 4.79 Å². The number of hydrogen-bond donors (Lipinski definition) is 2. The van der Waals surface area contributed by atoms with Gasteiger partial charge in [0, 0.05) is 30.6 Å². The van der Waals surface area contributed by atoms with E-state index in [2.05, 4.69) is 28.5 Å². The molecule has 156 valence electrons. The summed E-state index contributed by atoms with van der Waals surface area (Å²) in [5.41, 5.74) is 5.68. The van der Waals surface area contributed by atoms with Crippen LogP contribution >= 0.6 is 0 Å². The first-order valence-corrected chi connectivity index (χ1v) is 10.0. The number of nitrogens with one attached hydrogen (secondary N) is 1. The Morgan fingerprint density at radius 1 is 1.03 bits per heavy atom. The van der Waals surface area contributed by atoms with Crippen LogP contribution in [0.4, 0.5) is 5.95 Å². The number of hydrogen-bond acceptors (Lipinski definition) is 5. The molecule has 31 heavy (non-hydrogen) atoms. The summed E-state index contributed by atoms with van der Waals surface area (Å²) in [6, 6.07) is 20.1. The molecule has 0 spiro atoms. The van der Waals surface area contributed by atoms with Crippen molar-refractivity contribution in [2.24, 2.45) is 0 Å². The molecule has 0 bridgehead atoms. The number of ether oxygens (including phenoxy) is 1. The van der Waals surface area contributed by atoms with Gasteiger partial charge in [0.15, 0.2) is 5.75 Å². The van der Waals surface area contributed by atoms with Gasteiger partial charge in [0.2, 0.25) is 5.95 Å². The molecular weight excluding hydrogens is 390 g/mol. The van der Waals surface area contributed by atoms with E-state index in [-0.39, 0.29) is 6.42 Å². The monoisotopic (exact) mass is 413 g/mol. The molecule has 0 aliphatic rings. The summed E-state index contributed by atoms with van der Waals surface area (Å²) in [6.45, 7) is 0. The summed E-state index contributed by atoms with van der Waals surface area (Å²) >= 11 is 0. The minimum atomic E-state index is -0.798. The summed E-state index contributed by atoms with van der Waals surface area (Å²) in [4.78, 5) is 20.0. The lowest BCUT2D eigenvalue weighted by atomic mass is 9.94. The van der Waals surface area contributed by atoms with Crippen LogP contribution < -0.4 is 10.1 Å². The maximum atomic E-state index is 10.9. The highest BCUT2D eigenvalue weighted by Gasteiger charge is 2.18. The number of carbonyl (C=O) groups is 1. The maximum absolute atomic E-state index is 10.9. The van der Waals surface area contributed by atoms with E-state index in [0.717, 1.165) is 38.7 Å².